The van der Waals surface area contributed by atoms with E-state index in [9.17, 15) is 4.79 Å². The van der Waals surface area contributed by atoms with Gasteiger partial charge in [0.25, 0.3) is 5.91 Å². The van der Waals surface area contributed by atoms with Crippen molar-refractivity contribution < 1.29 is 9.21 Å². The smallest absolute Gasteiger partial charge is 0.293 e. The highest BCUT2D eigenvalue weighted by Gasteiger charge is 2.19. The number of halogens is 1. The number of anilines is 1. The van der Waals surface area contributed by atoms with Crippen LogP contribution in [0.3, 0.4) is 0 Å². The molecule has 6 heteroatoms. The molecule has 0 fully saturated rings. The Hall–Kier alpha value is -2.63. The van der Waals surface area contributed by atoms with E-state index in [1.54, 1.807) is 0 Å². The molecule has 27 heavy (non-hydrogen) atoms. The third kappa shape index (κ3) is 3.48. The van der Waals surface area contributed by atoms with Crippen LogP contribution in [0.15, 0.2) is 52.3 Å². The maximum Gasteiger partial charge on any atom is 0.293 e. The molecule has 0 aliphatic carbocycles. The number of fused-ring (bicyclic) bond motifs is 1. The van der Waals surface area contributed by atoms with E-state index in [-0.39, 0.29) is 5.91 Å². The molecule has 0 spiro atoms. The molecule has 0 aliphatic rings. The van der Waals surface area contributed by atoms with Crippen molar-refractivity contribution >= 4 is 44.9 Å². The number of nitrogens with zero attached hydrogens (tertiary/aromatic N) is 1. The van der Waals surface area contributed by atoms with Gasteiger partial charge in [0.1, 0.15) is 5.58 Å². The van der Waals surface area contributed by atoms with Gasteiger partial charge in [-0.1, -0.05) is 36.7 Å². The second-order valence-electron chi connectivity index (χ2n) is 6.24. The molecule has 1 N–H and O–H groups in total. The van der Waals surface area contributed by atoms with Crippen LogP contribution in [0.1, 0.15) is 28.6 Å². The zero-order valence-electron chi connectivity index (χ0n) is 14.9. The average molecular weight is 397 g/mol. The summed E-state index contributed by atoms with van der Waals surface area (Å²) in [6, 6.07) is 13.4. The molecule has 0 saturated carbocycles. The first-order valence-electron chi connectivity index (χ1n) is 8.60. The number of furan rings is 1. The SMILES string of the molecule is CCc1ccc2oc(C(=O)Nc3nc(-c4ccc(Cl)cc4)cs3)c(C)c2c1. The first-order valence-corrected chi connectivity index (χ1v) is 9.85. The molecule has 0 bridgehead atoms. The molecule has 0 saturated heterocycles. The predicted octanol–water partition coefficient (Wildman–Crippen LogP) is 6.33. The molecule has 4 nitrogen and oxygen atoms in total. The number of aryl methyl sites for hydroxylation is 2. The molecule has 0 atom stereocenters. The first kappa shape index (κ1) is 17.8. The maximum atomic E-state index is 12.7. The molecule has 4 aromatic rings. The minimum Gasteiger partial charge on any atom is -0.451 e. The lowest BCUT2D eigenvalue weighted by molar-refractivity contribution is 0.0998. The van der Waals surface area contributed by atoms with Gasteiger partial charge in [-0.25, -0.2) is 4.98 Å². The van der Waals surface area contributed by atoms with Crippen LogP contribution in [-0.2, 0) is 6.42 Å². The molecule has 4 rings (SSSR count). The molecule has 0 radical (unpaired) electrons. The quantitative estimate of drug-likeness (QED) is 0.438. The van der Waals surface area contributed by atoms with Crippen LogP contribution in [0.2, 0.25) is 5.02 Å². The van der Waals surface area contributed by atoms with Crippen molar-refractivity contribution in [3.05, 3.63) is 69.8 Å². The van der Waals surface area contributed by atoms with Crippen molar-refractivity contribution in [1.29, 1.82) is 0 Å². The minimum atomic E-state index is -0.293. The number of amides is 1. The van der Waals surface area contributed by atoms with E-state index in [4.69, 9.17) is 16.0 Å². The number of carbonyl (C=O) groups excluding carboxylic acids is 1. The van der Waals surface area contributed by atoms with Crippen molar-refractivity contribution in [2.45, 2.75) is 20.3 Å². The van der Waals surface area contributed by atoms with Gasteiger partial charge < -0.3 is 4.42 Å². The zero-order valence-corrected chi connectivity index (χ0v) is 16.4. The molecular formula is C21H17ClN2O2S. The molecule has 2 aromatic carbocycles. The van der Waals surface area contributed by atoms with Crippen LogP contribution in [-0.4, -0.2) is 10.9 Å². The van der Waals surface area contributed by atoms with Crippen LogP contribution in [0, 0.1) is 6.92 Å². The van der Waals surface area contributed by atoms with E-state index in [2.05, 4.69) is 23.3 Å². The molecule has 0 unspecified atom stereocenters. The Morgan fingerprint density at radius 3 is 2.74 bits per heavy atom. The van der Waals surface area contributed by atoms with E-state index in [0.717, 1.165) is 34.2 Å². The van der Waals surface area contributed by atoms with Gasteiger partial charge >= 0.3 is 0 Å². The number of hydrogen-bond donors (Lipinski definition) is 1. The van der Waals surface area contributed by atoms with Crippen LogP contribution >= 0.6 is 22.9 Å². The summed E-state index contributed by atoms with van der Waals surface area (Å²) in [7, 11) is 0. The van der Waals surface area contributed by atoms with E-state index in [1.165, 1.54) is 16.9 Å². The second kappa shape index (κ2) is 7.18. The number of hydrogen-bond acceptors (Lipinski definition) is 4. The lowest BCUT2D eigenvalue weighted by atomic mass is 10.1. The van der Waals surface area contributed by atoms with Crippen LogP contribution in [0.4, 0.5) is 5.13 Å². The van der Waals surface area contributed by atoms with Crippen LogP contribution < -0.4 is 5.32 Å². The van der Waals surface area contributed by atoms with E-state index < -0.39 is 0 Å². The van der Waals surface area contributed by atoms with Gasteiger partial charge in [-0.15, -0.1) is 11.3 Å². The summed E-state index contributed by atoms with van der Waals surface area (Å²) in [5.41, 5.74) is 4.51. The topological polar surface area (TPSA) is 55.1 Å². The minimum absolute atomic E-state index is 0.293. The lowest BCUT2D eigenvalue weighted by Crippen LogP contribution is -2.11. The van der Waals surface area contributed by atoms with Gasteiger partial charge in [-0.3, -0.25) is 10.1 Å². The van der Waals surface area contributed by atoms with Gasteiger partial charge in [-0.05, 0) is 43.2 Å². The number of aromatic nitrogens is 1. The Balaban J connectivity index is 1.58. The highest BCUT2D eigenvalue weighted by molar-refractivity contribution is 7.14. The first-order chi connectivity index (χ1) is 13.0. The largest absolute Gasteiger partial charge is 0.451 e. The molecule has 2 aromatic heterocycles. The number of thiazole rings is 1. The van der Waals surface area contributed by atoms with E-state index >= 15 is 0 Å². The number of rotatable bonds is 4. The van der Waals surface area contributed by atoms with Crippen molar-refractivity contribution in [2.24, 2.45) is 0 Å². The van der Waals surface area contributed by atoms with Crippen molar-refractivity contribution in [3.63, 3.8) is 0 Å². The fourth-order valence-electron chi connectivity index (χ4n) is 2.94. The summed E-state index contributed by atoms with van der Waals surface area (Å²) in [5, 5.41) is 6.91. The molecule has 1 amide bonds. The third-order valence-corrected chi connectivity index (χ3v) is 5.49. The zero-order chi connectivity index (χ0) is 19.0. The van der Waals surface area contributed by atoms with Gasteiger partial charge in [-0.2, -0.15) is 0 Å². The van der Waals surface area contributed by atoms with Crippen molar-refractivity contribution in [2.75, 3.05) is 5.32 Å². The fraction of sp³-hybridized carbons (Fsp3) is 0.143. The van der Waals surface area contributed by atoms with Gasteiger partial charge in [0.15, 0.2) is 10.9 Å². The second-order valence-corrected chi connectivity index (χ2v) is 7.53. The number of nitrogens with one attached hydrogen (secondary N) is 1. The van der Waals surface area contributed by atoms with Gasteiger partial charge in [0, 0.05) is 26.9 Å². The summed E-state index contributed by atoms with van der Waals surface area (Å²) in [5.74, 6) is 0.0280. The summed E-state index contributed by atoms with van der Waals surface area (Å²) in [6.45, 7) is 4.01. The van der Waals surface area contributed by atoms with Gasteiger partial charge in [0.2, 0.25) is 0 Å². The molecule has 2 heterocycles. The fourth-order valence-corrected chi connectivity index (χ4v) is 3.78. The third-order valence-electron chi connectivity index (χ3n) is 4.48. The Morgan fingerprint density at radius 2 is 2.00 bits per heavy atom. The monoisotopic (exact) mass is 396 g/mol. The Kier molecular flexibility index (Phi) is 4.72. The summed E-state index contributed by atoms with van der Waals surface area (Å²) < 4.78 is 5.79. The summed E-state index contributed by atoms with van der Waals surface area (Å²) >= 11 is 7.30. The van der Waals surface area contributed by atoms with Crippen molar-refractivity contribution in [1.82, 2.24) is 4.98 Å². The Bertz CT molecular complexity index is 1130. The van der Waals surface area contributed by atoms with Crippen molar-refractivity contribution in [3.8, 4) is 11.3 Å². The van der Waals surface area contributed by atoms with Crippen LogP contribution in [0.5, 0.6) is 0 Å². The summed E-state index contributed by atoms with van der Waals surface area (Å²) in [4.78, 5) is 17.2. The summed E-state index contributed by atoms with van der Waals surface area (Å²) in [6.07, 6.45) is 0.939. The van der Waals surface area contributed by atoms with E-state index in [1.807, 2.05) is 48.7 Å². The van der Waals surface area contributed by atoms with E-state index in [0.29, 0.717) is 15.9 Å². The van der Waals surface area contributed by atoms with Crippen LogP contribution in [0.25, 0.3) is 22.2 Å². The highest BCUT2D eigenvalue weighted by atomic mass is 35.5. The maximum absolute atomic E-state index is 12.7. The predicted molar refractivity (Wildman–Crippen MR) is 111 cm³/mol. The highest BCUT2D eigenvalue weighted by Crippen LogP contribution is 2.29. The standard InChI is InChI=1S/C21H17ClN2O2S/c1-3-13-4-9-18-16(10-13)12(2)19(26-18)20(25)24-21-23-17(11-27-21)14-5-7-15(22)8-6-14/h4-11H,3H2,1-2H3,(H,23,24,25). The Morgan fingerprint density at radius 1 is 1.22 bits per heavy atom. The molecule has 0 aliphatic heterocycles. The average Bonchev–Trinajstić information content (AvgIpc) is 3.27. The van der Waals surface area contributed by atoms with Gasteiger partial charge in [0.05, 0.1) is 5.69 Å². The lowest BCUT2D eigenvalue weighted by Gasteiger charge is -2.00. The molecule has 136 valence electrons. The number of benzene rings is 2. The Labute approximate surface area is 165 Å². The molecular weight excluding hydrogens is 380 g/mol. The number of carbonyl (C=O) groups is 1. The normalized spacial score (nSPS) is 11.1.